The van der Waals surface area contributed by atoms with Gasteiger partial charge in [-0.25, -0.2) is 4.39 Å². The molecule has 31 heavy (non-hydrogen) atoms. The minimum absolute atomic E-state index is 0.0282. The van der Waals surface area contributed by atoms with E-state index >= 15 is 0 Å². The molecular formula is C23H23Br2FN2O2S. The zero-order valence-electron chi connectivity index (χ0n) is 17.7. The fourth-order valence-electron chi connectivity index (χ4n) is 2.99. The smallest absolute Gasteiger partial charge is 0.266 e. The number of carbonyl (C=O) groups is 1. The van der Waals surface area contributed by atoms with Gasteiger partial charge >= 0.3 is 0 Å². The van der Waals surface area contributed by atoms with E-state index in [-0.39, 0.29) is 30.4 Å². The molecule has 0 atom stereocenters. The first kappa shape index (κ1) is 24.0. The molecule has 2 aromatic carbocycles. The van der Waals surface area contributed by atoms with Crippen molar-refractivity contribution in [2.75, 3.05) is 0 Å². The Hall–Kier alpha value is -1.64. The number of hydrogen-bond acceptors (Lipinski definition) is 4. The molecule has 164 valence electrons. The summed E-state index contributed by atoms with van der Waals surface area (Å²) in [6.07, 6.45) is 1.86. The molecule has 0 aliphatic carbocycles. The Morgan fingerprint density at radius 2 is 1.84 bits per heavy atom. The van der Waals surface area contributed by atoms with Gasteiger partial charge in [0.05, 0.1) is 13.9 Å². The standard InChI is InChI=1S/C23H23Br2FN2O2S/c1-13(2)27-23-28(14(3)4)22(29)20(31-23)11-16-9-18(24)21(19(25)10-16)30-12-15-6-5-7-17(26)8-15/h5-11,13-14H,12H2,1-4H3/b20-11+,27-23?. The summed E-state index contributed by atoms with van der Waals surface area (Å²) in [5, 5.41) is 0.731. The Morgan fingerprint density at radius 1 is 1.16 bits per heavy atom. The zero-order chi connectivity index (χ0) is 22.7. The molecule has 0 aromatic heterocycles. The second-order valence-electron chi connectivity index (χ2n) is 7.62. The first-order chi connectivity index (χ1) is 14.7. The Balaban J connectivity index is 1.84. The molecule has 0 unspecified atom stereocenters. The van der Waals surface area contributed by atoms with Crippen molar-refractivity contribution in [1.29, 1.82) is 0 Å². The Kier molecular flexibility index (Phi) is 7.99. The van der Waals surface area contributed by atoms with Crippen LogP contribution >= 0.6 is 43.6 Å². The van der Waals surface area contributed by atoms with Gasteiger partial charge in [-0.05, 0) is 113 Å². The van der Waals surface area contributed by atoms with E-state index in [9.17, 15) is 9.18 Å². The van der Waals surface area contributed by atoms with Gasteiger partial charge in [-0.3, -0.25) is 14.7 Å². The fourth-order valence-corrected chi connectivity index (χ4v) is 5.67. The highest BCUT2D eigenvalue weighted by atomic mass is 79.9. The quantitative estimate of drug-likeness (QED) is 0.351. The van der Waals surface area contributed by atoms with Crippen molar-refractivity contribution in [2.24, 2.45) is 4.99 Å². The molecule has 0 spiro atoms. The van der Waals surface area contributed by atoms with E-state index in [1.807, 2.05) is 52.0 Å². The zero-order valence-corrected chi connectivity index (χ0v) is 21.6. The lowest BCUT2D eigenvalue weighted by Crippen LogP contribution is -2.35. The minimum Gasteiger partial charge on any atom is -0.487 e. The number of aliphatic imine (C=N–C) groups is 1. The number of carbonyl (C=O) groups excluding carboxylic acids is 1. The maximum Gasteiger partial charge on any atom is 0.266 e. The van der Waals surface area contributed by atoms with Gasteiger partial charge in [0.25, 0.3) is 5.91 Å². The normalized spacial score (nSPS) is 16.9. The number of rotatable bonds is 6. The summed E-state index contributed by atoms with van der Waals surface area (Å²) in [4.78, 5) is 19.9. The molecule has 0 radical (unpaired) electrons. The van der Waals surface area contributed by atoms with Crippen LogP contribution in [0.25, 0.3) is 6.08 Å². The number of halogens is 3. The predicted octanol–water partition coefficient (Wildman–Crippen LogP) is 7.02. The molecule has 0 N–H and O–H groups in total. The summed E-state index contributed by atoms with van der Waals surface area (Å²) in [6.45, 7) is 8.19. The molecule has 4 nitrogen and oxygen atoms in total. The molecular weight excluding hydrogens is 547 g/mol. The van der Waals surface area contributed by atoms with Crippen LogP contribution in [-0.4, -0.2) is 28.1 Å². The largest absolute Gasteiger partial charge is 0.487 e. The summed E-state index contributed by atoms with van der Waals surface area (Å²) < 4.78 is 20.7. The van der Waals surface area contributed by atoms with E-state index < -0.39 is 0 Å². The van der Waals surface area contributed by atoms with Crippen LogP contribution in [0, 0.1) is 5.82 Å². The monoisotopic (exact) mass is 568 g/mol. The van der Waals surface area contributed by atoms with Crippen LogP contribution in [0.4, 0.5) is 4.39 Å². The summed E-state index contributed by atoms with van der Waals surface area (Å²) in [6, 6.07) is 10.2. The van der Waals surface area contributed by atoms with E-state index in [1.54, 1.807) is 11.0 Å². The van der Waals surface area contributed by atoms with Crippen LogP contribution in [0.5, 0.6) is 5.75 Å². The highest BCUT2D eigenvalue weighted by Crippen LogP contribution is 2.38. The van der Waals surface area contributed by atoms with Crippen LogP contribution < -0.4 is 4.74 Å². The number of amides is 1. The van der Waals surface area contributed by atoms with E-state index in [4.69, 9.17) is 4.74 Å². The Labute approximate surface area is 203 Å². The van der Waals surface area contributed by atoms with Crippen molar-refractivity contribution in [3.8, 4) is 5.75 Å². The van der Waals surface area contributed by atoms with Gasteiger partial charge < -0.3 is 4.74 Å². The molecule has 1 amide bonds. The first-order valence-electron chi connectivity index (χ1n) is 9.83. The molecule has 3 rings (SSSR count). The highest BCUT2D eigenvalue weighted by molar-refractivity contribution is 9.11. The maximum atomic E-state index is 13.4. The van der Waals surface area contributed by atoms with Crippen molar-refractivity contribution in [3.63, 3.8) is 0 Å². The molecule has 8 heteroatoms. The number of nitrogens with zero attached hydrogens (tertiary/aromatic N) is 2. The third-order valence-electron chi connectivity index (χ3n) is 4.31. The van der Waals surface area contributed by atoms with Gasteiger partial charge in [0.1, 0.15) is 18.2 Å². The van der Waals surface area contributed by atoms with Crippen LogP contribution in [0.3, 0.4) is 0 Å². The van der Waals surface area contributed by atoms with Crippen LogP contribution in [0.15, 0.2) is 55.2 Å². The summed E-state index contributed by atoms with van der Waals surface area (Å²) in [5.74, 6) is 0.275. The van der Waals surface area contributed by atoms with E-state index in [2.05, 4.69) is 36.9 Å². The van der Waals surface area contributed by atoms with Gasteiger partial charge in [-0.15, -0.1) is 0 Å². The predicted molar refractivity (Wildman–Crippen MR) is 133 cm³/mol. The van der Waals surface area contributed by atoms with Crippen molar-refractivity contribution < 1.29 is 13.9 Å². The molecule has 1 saturated heterocycles. The lowest BCUT2D eigenvalue weighted by atomic mass is 10.2. The fraction of sp³-hybridized carbons (Fsp3) is 0.304. The van der Waals surface area contributed by atoms with E-state index in [1.165, 1.54) is 23.9 Å². The molecule has 1 fully saturated rings. The minimum atomic E-state index is -0.296. The second-order valence-corrected chi connectivity index (χ2v) is 10.3. The van der Waals surface area contributed by atoms with Crippen LogP contribution in [-0.2, 0) is 11.4 Å². The number of thioether (sulfide) groups is 1. The van der Waals surface area contributed by atoms with Crippen molar-refractivity contribution in [3.05, 3.63) is 67.2 Å². The lowest BCUT2D eigenvalue weighted by Gasteiger charge is -2.20. The number of benzene rings is 2. The third kappa shape index (κ3) is 5.99. The van der Waals surface area contributed by atoms with E-state index in [0.29, 0.717) is 10.7 Å². The third-order valence-corrected chi connectivity index (χ3v) is 6.49. The summed E-state index contributed by atoms with van der Waals surface area (Å²) >= 11 is 8.49. The summed E-state index contributed by atoms with van der Waals surface area (Å²) in [5.41, 5.74) is 1.59. The van der Waals surface area contributed by atoms with Gasteiger partial charge in [-0.1, -0.05) is 12.1 Å². The first-order valence-corrected chi connectivity index (χ1v) is 12.2. The van der Waals surface area contributed by atoms with Crippen LogP contribution in [0.1, 0.15) is 38.8 Å². The van der Waals surface area contributed by atoms with Gasteiger partial charge in [-0.2, -0.15) is 0 Å². The second kappa shape index (κ2) is 10.3. The number of amidine groups is 1. The maximum absolute atomic E-state index is 13.4. The number of hydrogen-bond donors (Lipinski definition) is 0. The molecule has 0 saturated carbocycles. The van der Waals surface area contributed by atoms with Gasteiger partial charge in [0, 0.05) is 12.1 Å². The average Bonchev–Trinajstić information content (AvgIpc) is 2.95. The SMILES string of the molecule is CC(C)N=C1S/C(=C/c2cc(Br)c(OCc3cccc(F)c3)c(Br)c2)C(=O)N1C(C)C. The van der Waals surface area contributed by atoms with Crippen molar-refractivity contribution >= 4 is 60.8 Å². The van der Waals surface area contributed by atoms with Crippen molar-refractivity contribution in [1.82, 2.24) is 4.90 Å². The Bertz CT molecular complexity index is 1030. The van der Waals surface area contributed by atoms with E-state index in [0.717, 1.165) is 25.2 Å². The van der Waals surface area contributed by atoms with Gasteiger partial charge in [0.15, 0.2) is 5.17 Å². The van der Waals surface area contributed by atoms with Crippen molar-refractivity contribution in [2.45, 2.75) is 46.4 Å². The summed E-state index contributed by atoms with van der Waals surface area (Å²) in [7, 11) is 0. The topological polar surface area (TPSA) is 41.9 Å². The molecule has 0 bridgehead atoms. The Morgan fingerprint density at radius 3 is 2.42 bits per heavy atom. The highest BCUT2D eigenvalue weighted by Gasteiger charge is 2.35. The van der Waals surface area contributed by atoms with Crippen LogP contribution in [0.2, 0.25) is 0 Å². The molecule has 1 aliphatic heterocycles. The number of ether oxygens (including phenoxy) is 1. The molecule has 2 aromatic rings. The van der Waals surface area contributed by atoms with Gasteiger partial charge in [0.2, 0.25) is 0 Å². The average molecular weight is 570 g/mol. The molecule has 1 aliphatic rings. The lowest BCUT2D eigenvalue weighted by molar-refractivity contribution is -0.123. The molecule has 1 heterocycles.